The van der Waals surface area contributed by atoms with Crippen molar-refractivity contribution in [3.8, 4) is 11.5 Å². The number of carbonyl (C=O) groups excluding carboxylic acids is 2. The van der Waals surface area contributed by atoms with Crippen molar-refractivity contribution in [3.05, 3.63) is 62.1 Å². The lowest BCUT2D eigenvalue weighted by molar-refractivity contribution is -0.385. The summed E-state index contributed by atoms with van der Waals surface area (Å²) in [4.78, 5) is 38.3. The number of nitro benzene ring substituents is 1. The molecule has 0 saturated carbocycles. The first kappa shape index (κ1) is 28.2. The predicted octanol–water partition coefficient (Wildman–Crippen LogP) is 5.01. The highest BCUT2D eigenvalue weighted by Gasteiger charge is 2.30. The lowest BCUT2D eigenvalue weighted by Gasteiger charge is -2.31. The molecule has 0 bridgehead atoms. The van der Waals surface area contributed by atoms with Crippen LogP contribution in [0.15, 0.2) is 36.4 Å². The molecule has 0 aliphatic rings. The summed E-state index contributed by atoms with van der Waals surface area (Å²) in [6.45, 7) is 5.21. The van der Waals surface area contributed by atoms with Crippen LogP contribution in [0.4, 0.5) is 5.69 Å². The average molecular weight is 526 g/mol. The normalized spacial score (nSPS) is 12.4. The Morgan fingerprint density at radius 1 is 1.14 bits per heavy atom. The first-order valence-corrected chi connectivity index (χ1v) is 11.9. The average Bonchev–Trinajstić information content (AvgIpc) is 2.83. The fourth-order valence-electron chi connectivity index (χ4n) is 3.34. The van der Waals surface area contributed by atoms with Crippen LogP contribution in [0.5, 0.6) is 11.5 Å². The second-order valence-corrected chi connectivity index (χ2v) is 8.66. The van der Waals surface area contributed by atoms with Crippen molar-refractivity contribution in [2.24, 2.45) is 0 Å². The number of amides is 2. The van der Waals surface area contributed by atoms with Crippen LogP contribution >= 0.6 is 23.2 Å². The molecule has 0 heterocycles. The van der Waals surface area contributed by atoms with Crippen LogP contribution in [-0.2, 0) is 16.1 Å². The van der Waals surface area contributed by atoms with Gasteiger partial charge in [-0.05, 0) is 38.0 Å². The number of benzene rings is 2. The van der Waals surface area contributed by atoms with Gasteiger partial charge in [-0.25, -0.2) is 0 Å². The van der Waals surface area contributed by atoms with Gasteiger partial charge in [-0.1, -0.05) is 43.1 Å². The summed E-state index contributed by atoms with van der Waals surface area (Å²) in [5.41, 5.74) is 0.282. The van der Waals surface area contributed by atoms with Gasteiger partial charge in [-0.2, -0.15) is 0 Å². The van der Waals surface area contributed by atoms with Gasteiger partial charge < -0.3 is 19.7 Å². The number of nitro groups is 1. The molecule has 0 fully saturated rings. The van der Waals surface area contributed by atoms with E-state index >= 15 is 0 Å². The summed E-state index contributed by atoms with van der Waals surface area (Å²) in [7, 11) is 1.30. The maximum absolute atomic E-state index is 13.3. The summed E-state index contributed by atoms with van der Waals surface area (Å²) in [5, 5.41) is 14.8. The highest BCUT2D eigenvalue weighted by Crippen LogP contribution is 2.31. The Morgan fingerprint density at radius 3 is 2.34 bits per heavy atom. The van der Waals surface area contributed by atoms with E-state index in [0.717, 1.165) is 6.42 Å². The van der Waals surface area contributed by atoms with Crippen molar-refractivity contribution in [1.29, 1.82) is 0 Å². The van der Waals surface area contributed by atoms with Gasteiger partial charge in [0.1, 0.15) is 11.8 Å². The number of nitrogens with zero attached hydrogens (tertiary/aromatic N) is 2. The Kier molecular flexibility index (Phi) is 10.6. The van der Waals surface area contributed by atoms with E-state index in [0.29, 0.717) is 22.0 Å². The second kappa shape index (κ2) is 13.2. The summed E-state index contributed by atoms with van der Waals surface area (Å²) >= 11 is 12.7. The Morgan fingerprint density at radius 2 is 1.80 bits per heavy atom. The Balaban J connectivity index is 2.31. The van der Waals surface area contributed by atoms with E-state index in [9.17, 15) is 19.7 Å². The van der Waals surface area contributed by atoms with Crippen molar-refractivity contribution < 1.29 is 24.0 Å². The predicted molar refractivity (Wildman–Crippen MR) is 134 cm³/mol. The van der Waals surface area contributed by atoms with Gasteiger partial charge in [0.15, 0.2) is 6.61 Å². The quantitative estimate of drug-likeness (QED) is 0.308. The summed E-state index contributed by atoms with van der Waals surface area (Å²) in [6, 6.07) is 8.08. The van der Waals surface area contributed by atoms with Gasteiger partial charge in [0, 0.05) is 40.3 Å². The zero-order valence-electron chi connectivity index (χ0n) is 20.0. The van der Waals surface area contributed by atoms with Crippen LogP contribution in [-0.4, -0.2) is 47.4 Å². The largest absolute Gasteiger partial charge is 0.490 e. The second-order valence-electron chi connectivity index (χ2n) is 7.84. The number of halogens is 2. The highest BCUT2D eigenvalue weighted by atomic mass is 35.5. The third-order valence-electron chi connectivity index (χ3n) is 5.49. The van der Waals surface area contributed by atoms with E-state index in [1.807, 2.05) is 13.8 Å². The number of carbonyl (C=O) groups is 2. The van der Waals surface area contributed by atoms with Crippen molar-refractivity contribution in [2.75, 3.05) is 13.7 Å². The molecule has 2 unspecified atom stereocenters. The van der Waals surface area contributed by atoms with E-state index < -0.39 is 23.5 Å². The van der Waals surface area contributed by atoms with E-state index in [1.54, 1.807) is 25.1 Å². The molecule has 0 radical (unpaired) electrons. The SMILES string of the molecule is CCC(C)NC(=O)C(CC)N(Cc1c(Cl)cccc1Cl)C(=O)COc1ccc([N+](=O)[O-])c(OC)c1. The van der Waals surface area contributed by atoms with Crippen LogP contribution in [0.25, 0.3) is 0 Å². The number of rotatable bonds is 12. The molecule has 11 heteroatoms. The first-order valence-electron chi connectivity index (χ1n) is 11.1. The van der Waals surface area contributed by atoms with Crippen LogP contribution < -0.4 is 14.8 Å². The van der Waals surface area contributed by atoms with Crippen molar-refractivity contribution >= 4 is 40.7 Å². The third-order valence-corrected chi connectivity index (χ3v) is 6.20. The molecule has 0 spiro atoms. The lowest BCUT2D eigenvalue weighted by Crippen LogP contribution is -2.51. The van der Waals surface area contributed by atoms with E-state index in [-0.39, 0.29) is 35.7 Å². The monoisotopic (exact) mass is 525 g/mol. The smallest absolute Gasteiger partial charge is 0.311 e. The summed E-state index contributed by atoms with van der Waals surface area (Å²) in [6.07, 6.45) is 1.08. The molecule has 35 heavy (non-hydrogen) atoms. The zero-order valence-corrected chi connectivity index (χ0v) is 21.6. The molecular formula is C24H29Cl2N3O6. The molecule has 2 aromatic carbocycles. The Bertz CT molecular complexity index is 1050. The van der Waals surface area contributed by atoms with Crippen LogP contribution in [0, 0.1) is 10.1 Å². The maximum Gasteiger partial charge on any atom is 0.311 e. The molecule has 0 aromatic heterocycles. The molecule has 0 aliphatic carbocycles. The van der Waals surface area contributed by atoms with E-state index in [1.165, 1.54) is 30.2 Å². The minimum absolute atomic E-state index is 0.000907. The van der Waals surface area contributed by atoms with Crippen LogP contribution in [0.2, 0.25) is 10.0 Å². The number of hydrogen-bond donors (Lipinski definition) is 1. The van der Waals surface area contributed by atoms with Gasteiger partial charge in [0.2, 0.25) is 11.7 Å². The van der Waals surface area contributed by atoms with Crippen molar-refractivity contribution in [2.45, 2.75) is 52.2 Å². The molecule has 2 rings (SSSR count). The molecule has 1 N–H and O–H groups in total. The number of nitrogens with one attached hydrogen (secondary N) is 1. The fourth-order valence-corrected chi connectivity index (χ4v) is 3.86. The zero-order chi connectivity index (χ0) is 26.1. The Hall–Kier alpha value is -3.04. The summed E-state index contributed by atoms with van der Waals surface area (Å²) < 4.78 is 10.7. The third kappa shape index (κ3) is 7.47. The highest BCUT2D eigenvalue weighted by molar-refractivity contribution is 6.36. The molecule has 0 saturated heterocycles. The standard InChI is InChI=1S/C24H29Cl2N3O6/c1-5-15(3)27-24(31)20(6-2)28(13-17-18(25)8-7-9-19(17)26)23(30)14-35-16-10-11-21(29(32)33)22(12-16)34-4/h7-12,15,20H,5-6,13-14H2,1-4H3,(H,27,31). The maximum atomic E-state index is 13.3. The fraction of sp³-hybridized carbons (Fsp3) is 0.417. The number of methoxy groups -OCH3 is 1. The minimum Gasteiger partial charge on any atom is -0.490 e. The molecule has 9 nitrogen and oxygen atoms in total. The number of ether oxygens (including phenoxy) is 2. The van der Waals surface area contributed by atoms with Gasteiger partial charge >= 0.3 is 5.69 Å². The molecule has 2 amide bonds. The van der Waals surface area contributed by atoms with Crippen molar-refractivity contribution in [3.63, 3.8) is 0 Å². The molecule has 0 aliphatic heterocycles. The van der Waals surface area contributed by atoms with Gasteiger partial charge in [0.05, 0.1) is 12.0 Å². The topological polar surface area (TPSA) is 111 Å². The number of hydrogen-bond acceptors (Lipinski definition) is 6. The molecule has 2 atom stereocenters. The van der Waals surface area contributed by atoms with E-state index in [4.69, 9.17) is 32.7 Å². The molecule has 190 valence electrons. The van der Waals surface area contributed by atoms with Gasteiger partial charge in [0.25, 0.3) is 5.91 Å². The minimum atomic E-state index is -0.793. The van der Waals surface area contributed by atoms with Gasteiger partial charge in [-0.15, -0.1) is 0 Å². The van der Waals surface area contributed by atoms with Crippen molar-refractivity contribution in [1.82, 2.24) is 10.2 Å². The van der Waals surface area contributed by atoms with Gasteiger partial charge in [-0.3, -0.25) is 19.7 Å². The first-order chi connectivity index (χ1) is 16.6. The lowest BCUT2D eigenvalue weighted by atomic mass is 10.1. The van der Waals surface area contributed by atoms with Crippen LogP contribution in [0.1, 0.15) is 39.2 Å². The summed E-state index contributed by atoms with van der Waals surface area (Å²) in [5.74, 6) is -0.576. The van der Waals surface area contributed by atoms with E-state index in [2.05, 4.69) is 5.32 Å². The molecule has 2 aromatic rings. The molecular weight excluding hydrogens is 497 g/mol. The van der Waals surface area contributed by atoms with Crippen LogP contribution in [0.3, 0.4) is 0 Å². The Labute approximate surface area is 214 Å².